The van der Waals surface area contributed by atoms with Crippen molar-refractivity contribution >= 4 is 71.8 Å². The van der Waals surface area contributed by atoms with Crippen LogP contribution in [0.3, 0.4) is 0 Å². The van der Waals surface area contributed by atoms with Crippen molar-refractivity contribution in [1.29, 1.82) is 0 Å². The highest BCUT2D eigenvalue weighted by Gasteiger charge is 2.34. The SMILES string of the molecule is C1=CC2Oc3ccccc3C2C=C1N(c1ccccc1)c1cc2ccccc2c2cc(N(c3ccccc3)c3ccc(-n4c5ccccc5c5ccccc54)cc3)ccc12. The molecule has 60 heavy (non-hydrogen) atoms. The Morgan fingerprint density at radius 2 is 1.02 bits per heavy atom. The molecule has 0 bridgehead atoms. The van der Waals surface area contributed by atoms with Gasteiger partial charge in [0.05, 0.1) is 16.7 Å². The Bertz CT molecular complexity index is 3260. The highest BCUT2D eigenvalue weighted by Crippen LogP contribution is 2.47. The van der Waals surface area contributed by atoms with E-state index in [4.69, 9.17) is 4.74 Å². The third-order valence-electron chi connectivity index (χ3n) is 12.3. The number of hydrogen-bond donors (Lipinski definition) is 0. The third-order valence-corrected chi connectivity index (χ3v) is 12.3. The van der Waals surface area contributed by atoms with E-state index in [1.807, 2.05) is 0 Å². The fraction of sp³-hybridized carbons (Fsp3) is 0.0357. The van der Waals surface area contributed by atoms with Gasteiger partial charge >= 0.3 is 0 Å². The Labute approximate surface area is 348 Å². The summed E-state index contributed by atoms with van der Waals surface area (Å²) in [4.78, 5) is 4.79. The molecular weight excluding hydrogens is 731 g/mol. The van der Waals surface area contributed by atoms with Crippen LogP contribution in [0.4, 0.5) is 28.4 Å². The van der Waals surface area contributed by atoms with E-state index in [0.29, 0.717) is 0 Å². The molecule has 9 aromatic carbocycles. The van der Waals surface area contributed by atoms with Crippen molar-refractivity contribution in [3.05, 3.63) is 236 Å². The molecule has 0 radical (unpaired) electrons. The number of nitrogens with zero attached hydrogens (tertiary/aromatic N) is 3. The van der Waals surface area contributed by atoms with E-state index in [2.05, 4.69) is 239 Å². The number of anilines is 5. The highest BCUT2D eigenvalue weighted by molar-refractivity contribution is 6.15. The van der Waals surface area contributed by atoms with Crippen LogP contribution in [0.1, 0.15) is 11.5 Å². The van der Waals surface area contributed by atoms with E-state index in [0.717, 1.165) is 45.6 Å². The van der Waals surface area contributed by atoms with Crippen molar-refractivity contribution in [2.24, 2.45) is 0 Å². The summed E-state index contributed by atoms with van der Waals surface area (Å²) in [6, 6.07) is 74.3. The number of aromatic nitrogens is 1. The molecule has 2 heterocycles. The number of benzene rings is 9. The quantitative estimate of drug-likeness (QED) is 0.151. The predicted molar refractivity (Wildman–Crippen MR) is 250 cm³/mol. The second-order valence-electron chi connectivity index (χ2n) is 15.7. The molecule has 2 aliphatic rings. The summed E-state index contributed by atoms with van der Waals surface area (Å²) >= 11 is 0. The molecular formula is C56H39N3O. The standard InChI is InChI=1S/C56H39N3O/c1-3-16-39(17-4-1)57(41-27-29-42(30-28-41)59-52-24-12-9-21-46(52)47-22-10-13-25-53(47)59)43-31-33-48-50(36-43)45-20-8-7-15-38(45)35-54(48)58(40-18-5-2-6-19-40)44-32-34-56-51(37-44)49-23-11-14-26-55(49)60-56/h1-37,51,56H. The molecule has 10 aromatic rings. The number of ether oxygens (including phenoxy) is 1. The largest absolute Gasteiger partial charge is 0.485 e. The van der Waals surface area contributed by atoms with Crippen LogP contribution in [0.2, 0.25) is 0 Å². The first-order valence-corrected chi connectivity index (χ1v) is 20.7. The van der Waals surface area contributed by atoms with Crippen LogP contribution in [0, 0.1) is 0 Å². The van der Waals surface area contributed by atoms with Gasteiger partial charge in [0.15, 0.2) is 0 Å². The maximum Gasteiger partial charge on any atom is 0.128 e. The van der Waals surface area contributed by atoms with E-state index in [-0.39, 0.29) is 12.0 Å². The lowest BCUT2D eigenvalue weighted by atomic mass is 9.90. The molecule has 1 aliphatic carbocycles. The summed E-state index contributed by atoms with van der Waals surface area (Å²) in [5, 5.41) is 7.29. The normalized spacial score (nSPS) is 15.5. The molecule has 1 aromatic heterocycles. The van der Waals surface area contributed by atoms with Crippen molar-refractivity contribution in [1.82, 2.24) is 4.57 Å². The molecule has 0 spiro atoms. The van der Waals surface area contributed by atoms with Crippen molar-refractivity contribution < 1.29 is 4.74 Å². The fourth-order valence-corrected chi connectivity index (χ4v) is 9.56. The summed E-state index contributed by atoms with van der Waals surface area (Å²) in [5.74, 6) is 1.10. The Hall–Kier alpha value is -7.82. The van der Waals surface area contributed by atoms with Gasteiger partial charge < -0.3 is 19.1 Å². The summed E-state index contributed by atoms with van der Waals surface area (Å²) in [5.41, 5.74) is 11.4. The zero-order valence-corrected chi connectivity index (χ0v) is 32.8. The smallest absolute Gasteiger partial charge is 0.128 e. The van der Waals surface area contributed by atoms with Crippen LogP contribution in [-0.2, 0) is 0 Å². The molecule has 4 nitrogen and oxygen atoms in total. The van der Waals surface area contributed by atoms with Gasteiger partial charge in [0, 0.05) is 61.8 Å². The summed E-state index contributed by atoms with van der Waals surface area (Å²) < 4.78 is 8.76. The maximum atomic E-state index is 6.39. The zero-order valence-electron chi connectivity index (χ0n) is 32.8. The van der Waals surface area contributed by atoms with Gasteiger partial charge in [0.25, 0.3) is 0 Å². The number of rotatable bonds is 7. The zero-order chi connectivity index (χ0) is 39.6. The van der Waals surface area contributed by atoms with Gasteiger partial charge in [-0.15, -0.1) is 0 Å². The lowest BCUT2D eigenvalue weighted by molar-refractivity contribution is 0.268. The molecule has 0 saturated heterocycles. The topological polar surface area (TPSA) is 20.6 Å². The van der Waals surface area contributed by atoms with Gasteiger partial charge in [-0.2, -0.15) is 0 Å². The molecule has 1 aliphatic heterocycles. The minimum absolute atomic E-state index is 0.0142. The Kier molecular flexibility index (Phi) is 7.95. The average Bonchev–Trinajstić information content (AvgIpc) is 3.86. The van der Waals surface area contributed by atoms with Gasteiger partial charge in [-0.25, -0.2) is 0 Å². The molecule has 0 N–H and O–H groups in total. The first-order valence-electron chi connectivity index (χ1n) is 20.7. The first kappa shape index (κ1) is 34.2. The summed E-state index contributed by atoms with van der Waals surface area (Å²) in [6.07, 6.45) is 6.83. The lowest BCUT2D eigenvalue weighted by Gasteiger charge is -2.32. The van der Waals surface area contributed by atoms with Gasteiger partial charge in [0.1, 0.15) is 11.9 Å². The van der Waals surface area contributed by atoms with Crippen molar-refractivity contribution in [3.8, 4) is 11.4 Å². The summed E-state index contributed by atoms with van der Waals surface area (Å²) in [6.45, 7) is 0. The summed E-state index contributed by atoms with van der Waals surface area (Å²) in [7, 11) is 0. The second kappa shape index (κ2) is 13.9. The maximum absolute atomic E-state index is 6.39. The molecule has 2 unspecified atom stereocenters. The molecule has 2 atom stereocenters. The van der Waals surface area contributed by atoms with E-state index < -0.39 is 0 Å². The van der Waals surface area contributed by atoms with Gasteiger partial charge in [-0.05, 0) is 119 Å². The number of para-hydroxylation sites is 5. The van der Waals surface area contributed by atoms with Gasteiger partial charge in [0.2, 0.25) is 0 Å². The Morgan fingerprint density at radius 1 is 0.433 bits per heavy atom. The number of allylic oxidation sites excluding steroid dienone is 1. The van der Waals surface area contributed by atoms with Crippen LogP contribution < -0.4 is 14.5 Å². The van der Waals surface area contributed by atoms with Gasteiger partial charge in [-0.1, -0.05) is 121 Å². The highest BCUT2D eigenvalue weighted by atomic mass is 16.5. The molecule has 4 heteroatoms. The Balaban J connectivity index is 1.02. The fourth-order valence-electron chi connectivity index (χ4n) is 9.56. The van der Waals surface area contributed by atoms with Crippen LogP contribution >= 0.6 is 0 Å². The monoisotopic (exact) mass is 769 g/mol. The molecule has 12 rings (SSSR count). The van der Waals surface area contributed by atoms with E-state index >= 15 is 0 Å². The number of hydrogen-bond acceptors (Lipinski definition) is 3. The van der Waals surface area contributed by atoms with E-state index in [1.54, 1.807) is 0 Å². The van der Waals surface area contributed by atoms with Crippen molar-refractivity contribution in [3.63, 3.8) is 0 Å². The van der Waals surface area contributed by atoms with Gasteiger partial charge in [-0.3, -0.25) is 0 Å². The molecule has 0 fully saturated rings. The molecule has 0 amide bonds. The second-order valence-corrected chi connectivity index (χ2v) is 15.7. The predicted octanol–water partition coefficient (Wildman–Crippen LogP) is 14.7. The van der Waals surface area contributed by atoms with E-state index in [1.165, 1.54) is 48.9 Å². The lowest BCUT2D eigenvalue weighted by Crippen LogP contribution is -2.23. The average molecular weight is 770 g/mol. The number of fused-ring (bicyclic) bond motifs is 9. The van der Waals surface area contributed by atoms with Crippen LogP contribution in [-0.4, -0.2) is 10.7 Å². The van der Waals surface area contributed by atoms with E-state index in [9.17, 15) is 0 Å². The van der Waals surface area contributed by atoms with Crippen molar-refractivity contribution in [2.45, 2.75) is 12.0 Å². The van der Waals surface area contributed by atoms with Crippen LogP contribution in [0.15, 0.2) is 230 Å². The first-order chi connectivity index (χ1) is 29.8. The third kappa shape index (κ3) is 5.53. The minimum atomic E-state index is -0.0142. The van der Waals surface area contributed by atoms with Crippen molar-refractivity contribution in [2.75, 3.05) is 9.80 Å². The van der Waals surface area contributed by atoms with Crippen LogP contribution in [0.25, 0.3) is 49.0 Å². The molecule has 0 saturated carbocycles. The molecule has 284 valence electrons. The Morgan fingerprint density at radius 3 is 1.75 bits per heavy atom. The van der Waals surface area contributed by atoms with Crippen LogP contribution in [0.5, 0.6) is 5.75 Å². The minimum Gasteiger partial charge on any atom is -0.485 e.